The fourth-order valence-electron chi connectivity index (χ4n) is 1.98. The van der Waals surface area contributed by atoms with E-state index in [2.05, 4.69) is 24.1 Å². The maximum Gasteiger partial charge on any atom is 0.240 e. The number of carbonyl (C=O) groups is 1. The van der Waals surface area contributed by atoms with E-state index < -0.39 is 0 Å². The molecule has 2 rings (SSSR count). The second kappa shape index (κ2) is 5.30. The molecule has 1 heterocycles. The Bertz CT molecular complexity index is 601. The van der Waals surface area contributed by atoms with Crippen molar-refractivity contribution in [2.45, 2.75) is 27.3 Å². The Morgan fingerprint density at radius 3 is 2.89 bits per heavy atom. The van der Waals surface area contributed by atoms with Gasteiger partial charge in [-0.05, 0) is 31.0 Å². The molecule has 5 heteroatoms. The number of hydrogen-bond donors (Lipinski definition) is 2. The lowest BCUT2D eigenvalue weighted by Gasteiger charge is -2.10. The number of benzene rings is 1. The Morgan fingerprint density at radius 1 is 1.47 bits per heavy atom. The number of anilines is 1. The van der Waals surface area contributed by atoms with Crippen LogP contribution in [0.15, 0.2) is 18.2 Å². The van der Waals surface area contributed by atoms with Crippen LogP contribution in [0.4, 0.5) is 5.69 Å². The molecule has 3 N–H and O–H groups in total. The van der Waals surface area contributed by atoms with E-state index in [9.17, 15) is 4.79 Å². The van der Waals surface area contributed by atoms with Crippen molar-refractivity contribution in [2.75, 3.05) is 12.3 Å². The Morgan fingerprint density at radius 2 is 2.21 bits per heavy atom. The number of carbonyl (C=O) groups excluding carboxylic acids is 1. The van der Waals surface area contributed by atoms with Gasteiger partial charge in [0.15, 0.2) is 0 Å². The predicted molar refractivity (Wildman–Crippen MR) is 76.7 cm³/mol. The molecule has 0 saturated carbocycles. The van der Waals surface area contributed by atoms with Gasteiger partial charge in [-0.1, -0.05) is 13.8 Å². The summed E-state index contributed by atoms with van der Waals surface area (Å²) in [4.78, 5) is 16.3. The fraction of sp³-hybridized carbons (Fsp3) is 0.429. The fourth-order valence-corrected chi connectivity index (χ4v) is 1.98. The summed E-state index contributed by atoms with van der Waals surface area (Å²) in [5.41, 5.74) is 8.18. The molecular weight excluding hydrogens is 240 g/mol. The highest BCUT2D eigenvalue weighted by atomic mass is 16.1. The van der Waals surface area contributed by atoms with Crippen LogP contribution in [0.3, 0.4) is 0 Å². The van der Waals surface area contributed by atoms with Crippen molar-refractivity contribution in [1.29, 1.82) is 0 Å². The van der Waals surface area contributed by atoms with Crippen LogP contribution in [-0.2, 0) is 11.3 Å². The summed E-state index contributed by atoms with van der Waals surface area (Å²) >= 11 is 0. The van der Waals surface area contributed by atoms with E-state index in [-0.39, 0.29) is 5.91 Å². The van der Waals surface area contributed by atoms with Crippen LogP contribution in [0, 0.1) is 12.8 Å². The highest BCUT2D eigenvalue weighted by Crippen LogP contribution is 2.18. The van der Waals surface area contributed by atoms with Gasteiger partial charge in [0.2, 0.25) is 5.91 Å². The quantitative estimate of drug-likeness (QED) is 0.822. The summed E-state index contributed by atoms with van der Waals surface area (Å²) in [5.74, 6) is 1.28. The number of nitrogen functional groups attached to an aromatic ring is 1. The summed E-state index contributed by atoms with van der Waals surface area (Å²) in [6, 6.07) is 5.55. The Labute approximate surface area is 112 Å². The monoisotopic (exact) mass is 260 g/mol. The number of amides is 1. The number of imidazole rings is 1. The standard InChI is InChI=1S/C14H20N4O/c1-9(2)7-16-14(19)8-18-10(3)17-12-6-11(15)4-5-13(12)18/h4-6,9H,7-8,15H2,1-3H3,(H,16,19). The van der Waals surface area contributed by atoms with Crippen LogP contribution in [0.5, 0.6) is 0 Å². The van der Waals surface area contributed by atoms with Crippen molar-refractivity contribution in [3.8, 4) is 0 Å². The highest BCUT2D eigenvalue weighted by molar-refractivity contribution is 5.83. The van der Waals surface area contributed by atoms with E-state index in [0.717, 1.165) is 16.9 Å². The van der Waals surface area contributed by atoms with Gasteiger partial charge < -0.3 is 15.6 Å². The minimum absolute atomic E-state index is 0.00734. The number of nitrogens with one attached hydrogen (secondary N) is 1. The summed E-state index contributed by atoms with van der Waals surface area (Å²) in [7, 11) is 0. The first kappa shape index (κ1) is 13.4. The molecule has 0 bridgehead atoms. The van der Waals surface area contributed by atoms with Crippen molar-refractivity contribution in [1.82, 2.24) is 14.9 Å². The van der Waals surface area contributed by atoms with Crippen LogP contribution < -0.4 is 11.1 Å². The number of hydrogen-bond acceptors (Lipinski definition) is 3. The predicted octanol–water partition coefficient (Wildman–Crippen LogP) is 1.70. The topological polar surface area (TPSA) is 72.9 Å². The number of rotatable bonds is 4. The first-order valence-electron chi connectivity index (χ1n) is 6.46. The van der Waals surface area contributed by atoms with Gasteiger partial charge in [-0.2, -0.15) is 0 Å². The molecule has 0 unspecified atom stereocenters. The lowest BCUT2D eigenvalue weighted by Crippen LogP contribution is -2.30. The second-order valence-electron chi connectivity index (χ2n) is 5.19. The third-order valence-corrected chi connectivity index (χ3v) is 2.97. The Kier molecular flexibility index (Phi) is 3.74. The van der Waals surface area contributed by atoms with Gasteiger partial charge >= 0.3 is 0 Å². The van der Waals surface area contributed by atoms with E-state index in [1.54, 1.807) is 0 Å². The minimum atomic E-state index is 0.00734. The molecule has 5 nitrogen and oxygen atoms in total. The summed E-state index contributed by atoms with van der Waals surface area (Å²) in [6.07, 6.45) is 0. The summed E-state index contributed by atoms with van der Waals surface area (Å²) in [5, 5.41) is 2.91. The molecular formula is C14H20N4O. The first-order chi connectivity index (χ1) is 8.97. The van der Waals surface area contributed by atoms with Gasteiger partial charge in [0.25, 0.3) is 0 Å². The molecule has 1 aromatic carbocycles. The average molecular weight is 260 g/mol. The molecule has 1 aromatic heterocycles. The third-order valence-electron chi connectivity index (χ3n) is 2.97. The number of fused-ring (bicyclic) bond motifs is 1. The van der Waals surface area contributed by atoms with E-state index in [0.29, 0.717) is 24.7 Å². The van der Waals surface area contributed by atoms with E-state index in [1.165, 1.54) is 0 Å². The van der Waals surface area contributed by atoms with Crippen LogP contribution in [0.25, 0.3) is 11.0 Å². The molecule has 0 fully saturated rings. The molecule has 0 aliphatic carbocycles. The number of aromatic nitrogens is 2. The lowest BCUT2D eigenvalue weighted by molar-refractivity contribution is -0.121. The molecule has 0 saturated heterocycles. The van der Waals surface area contributed by atoms with Crippen LogP contribution in [0.2, 0.25) is 0 Å². The minimum Gasteiger partial charge on any atom is -0.399 e. The molecule has 0 aliphatic rings. The van der Waals surface area contributed by atoms with Crippen LogP contribution in [0.1, 0.15) is 19.7 Å². The zero-order valence-electron chi connectivity index (χ0n) is 11.6. The molecule has 2 aromatic rings. The molecule has 102 valence electrons. The van der Waals surface area contributed by atoms with Gasteiger partial charge in [0.05, 0.1) is 11.0 Å². The zero-order valence-corrected chi connectivity index (χ0v) is 11.6. The molecule has 1 amide bonds. The summed E-state index contributed by atoms with van der Waals surface area (Å²) < 4.78 is 1.91. The van der Waals surface area contributed by atoms with Gasteiger partial charge in [-0.25, -0.2) is 4.98 Å². The zero-order chi connectivity index (χ0) is 14.0. The SMILES string of the molecule is Cc1nc2cc(N)ccc2n1CC(=O)NCC(C)C. The summed E-state index contributed by atoms with van der Waals surface area (Å²) in [6.45, 7) is 7.02. The molecule has 19 heavy (non-hydrogen) atoms. The number of nitrogens with two attached hydrogens (primary N) is 1. The Balaban J connectivity index is 2.20. The lowest BCUT2D eigenvalue weighted by atomic mass is 10.2. The van der Waals surface area contributed by atoms with Crippen LogP contribution >= 0.6 is 0 Å². The van der Waals surface area contributed by atoms with Gasteiger partial charge in [0, 0.05) is 12.2 Å². The van der Waals surface area contributed by atoms with E-state index in [4.69, 9.17) is 5.73 Å². The second-order valence-corrected chi connectivity index (χ2v) is 5.19. The first-order valence-corrected chi connectivity index (χ1v) is 6.46. The van der Waals surface area contributed by atoms with E-state index >= 15 is 0 Å². The molecule has 0 radical (unpaired) electrons. The van der Waals surface area contributed by atoms with Crippen molar-refractivity contribution >= 4 is 22.6 Å². The van der Waals surface area contributed by atoms with Gasteiger partial charge in [-0.15, -0.1) is 0 Å². The van der Waals surface area contributed by atoms with Gasteiger partial charge in [-0.3, -0.25) is 4.79 Å². The third kappa shape index (κ3) is 3.05. The number of nitrogens with zero attached hydrogens (tertiary/aromatic N) is 2. The molecule has 0 spiro atoms. The van der Waals surface area contributed by atoms with Crippen LogP contribution in [-0.4, -0.2) is 22.0 Å². The van der Waals surface area contributed by atoms with Crippen molar-refractivity contribution < 1.29 is 4.79 Å². The number of aryl methyl sites for hydroxylation is 1. The van der Waals surface area contributed by atoms with Crippen molar-refractivity contribution in [3.05, 3.63) is 24.0 Å². The molecule has 0 aliphatic heterocycles. The highest BCUT2D eigenvalue weighted by Gasteiger charge is 2.11. The van der Waals surface area contributed by atoms with Crippen molar-refractivity contribution in [3.63, 3.8) is 0 Å². The maximum atomic E-state index is 11.9. The van der Waals surface area contributed by atoms with E-state index in [1.807, 2.05) is 29.7 Å². The van der Waals surface area contributed by atoms with Crippen molar-refractivity contribution in [2.24, 2.45) is 5.92 Å². The Hall–Kier alpha value is -2.04. The normalized spacial score (nSPS) is 11.2. The largest absolute Gasteiger partial charge is 0.399 e. The maximum absolute atomic E-state index is 11.9. The average Bonchev–Trinajstić information content (AvgIpc) is 2.62. The van der Waals surface area contributed by atoms with Gasteiger partial charge in [0.1, 0.15) is 12.4 Å². The smallest absolute Gasteiger partial charge is 0.240 e. The molecule has 0 atom stereocenters.